The Morgan fingerprint density at radius 1 is 1.56 bits per heavy atom. The molecule has 0 saturated carbocycles. The van der Waals surface area contributed by atoms with Gasteiger partial charge in [0.2, 0.25) is 0 Å². The zero-order valence-electron chi connectivity index (χ0n) is 8.85. The van der Waals surface area contributed by atoms with E-state index in [4.69, 9.17) is 14.8 Å². The minimum Gasteiger partial charge on any atom is -0.476 e. The van der Waals surface area contributed by atoms with Crippen molar-refractivity contribution < 1.29 is 14.3 Å². The molecule has 2 aromatic rings. The monoisotopic (exact) mass is 307 g/mol. The van der Waals surface area contributed by atoms with Crippen molar-refractivity contribution in [2.24, 2.45) is 0 Å². The molecular formula is C11H6BrN3O3. The Morgan fingerprint density at radius 2 is 2.33 bits per heavy atom. The molecule has 90 valence electrons. The lowest BCUT2D eigenvalue weighted by atomic mass is 10.2. The minimum atomic E-state index is -1.18. The van der Waals surface area contributed by atoms with Crippen LogP contribution in [0.5, 0.6) is 0 Å². The first-order chi connectivity index (χ1) is 8.60. The molecule has 0 atom stereocenters. The molecule has 1 heterocycles. The van der Waals surface area contributed by atoms with Crippen molar-refractivity contribution >= 4 is 33.6 Å². The van der Waals surface area contributed by atoms with E-state index >= 15 is 0 Å². The van der Waals surface area contributed by atoms with Crippen LogP contribution in [-0.4, -0.2) is 16.1 Å². The minimum absolute atomic E-state index is 0.0157. The van der Waals surface area contributed by atoms with Gasteiger partial charge in [0.15, 0.2) is 5.69 Å². The lowest BCUT2D eigenvalue weighted by Gasteiger charge is -2.04. The second-order valence-electron chi connectivity index (χ2n) is 3.27. The number of anilines is 2. The van der Waals surface area contributed by atoms with Crippen LogP contribution in [0.2, 0.25) is 0 Å². The van der Waals surface area contributed by atoms with Crippen molar-refractivity contribution in [3.05, 3.63) is 40.2 Å². The summed E-state index contributed by atoms with van der Waals surface area (Å²) in [5, 5.41) is 20.4. The Hall–Kier alpha value is -2.33. The Morgan fingerprint density at radius 3 is 2.94 bits per heavy atom. The first kappa shape index (κ1) is 12.1. The number of carboxylic acid groups (broad SMARTS) is 1. The van der Waals surface area contributed by atoms with Crippen LogP contribution >= 0.6 is 15.9 Å². The average Bonchev–Trinajstić information content (AvgIpc) is 2.78. The molecule has 0 aliphatic heterocycles. The molecule has 0 fully saturated rings. The van der Waals surface area contributed by atoms with Gasteiger partial charge < -0.3 is 14.8 Å². The number of oxazole rings is 1. The number of hydrogen-bond acceptors (Lipinski definition) is 5. The van der Waals surface area contributed by atoms with Crippen molar-refractivity contribution in [2.45, 2.75) is 0 Å². The van der Waals surface area contributed by atoms with Crippen LogP contribution in [0.15, 0.2) is 33.4 Å². The van der Waals surface area contributed by atoms with Gasteiger partial charge in [-0.3, -0.25) is 0 Å². The van der Waals surface area contributed by atoms with E-state index in [1.54, 1.807) is 18.2 Å². The van der Waals surface area contributed by atoms with E-state index in [2.05, 4.69) is 26.2 Å². The third-order valence-corrected chi connectivity index (χ3v) is 2.56. The van der Waals surface area contributed by atoms with Gasteiger partial charge in [0, 0.05) is 4.47 Å². The molecule has 6 nitrogen and oxygen atoms in total. The van der Waals surface area contributed by atoms with Crippen LogP contribution in [0.4, 0.5) is 11.7 Å². The van der Waals surface area contributed by atoms with E-state index in [1.165, 1.54) is 0 Å². The molecule has 0 saturated heterocycles. The van der Waals surface area contributed by atoms with Crippen LogP contribution in [0.3, 0.4) is 0 Å². The van der Waals surface area contributed by atoms with Gasteiger partial charge in [0.25, 0.3) is 6.01 Å². The van der Waals surface area contributed by atoms with Crippen molar-refractivity contribution in [3.63, 3.8) is 0 Å². The highest BCUT2D eigenvalue weighted by Crippen LogP contribution is 2.24. The number of benzene rings is 1. The summed E-state index contributed by atoms with van der Waals surface area (Å²) >= 11 is 3.27. The lowest BCUT2D eigenvalue weighted by molar-refractivity contribution is 0.0690. The van der Waals surface area contributed by atoms with Crippen molar-refractivity contribution in [1.82, 2.24) is 4.98 Å². The first-order valence-electron chi connectivity index (χ1n) is 4.75. The van der Waals surface area contributed by atoms with E-state index < -0.39 is 5.97 Å². The van der Waals surface area contributed by atoms with E-state index in [1.807, 2.05) is 6.07 Å². The summed E-state index contributed by atoms with van der Waals surface area (Å²) in [7, 11) is 0. The molecule has 0 radical (unpaired) electrons. The summed E-state index contributed by atoms with van der Waals surface area (Å²) in [5.74, 6) is -1.18. The second-order valence-corrected chi connectivity index (χ2v) is 4.19. The number of aromatic nitrogens is 1. The fourth-order valence-corrected chi connectivity index (χ4v) is 1.62. The number of halogens is 1. The summed E-state index contributed by atoms with van der Waals surface area (Å²) in [6, 6.07) is 7.03. The Bertz CT molecular complexity index is 645. The standard InChI is InChI=1S/C11H6BrN3O3/c12-7-2-1-6(4-13)8(3-7)14-11-15-9(5-18-11)10(16)17/h1-3,5H,(H,14,15)(H,16,17). The van der Waals surface area contributed by atoms with Gasteiger partial charge in [-0.15, -0.1) is 0 Å². The predicted octanol–water partition coefficient (Wildman–Crippen LogP) is 2.75. The Balaban J connectivity index is 2.30. The first-order valence-corrected chi connectivity index (χ1v) is 5.55. The van der Waals surface area contributed by atoms with E-state index in [0.29, 0.717) is 11.3 Å². The molecule has 0 aliphatic carbocycles. The van der Waals surface area contributed by atoms with E-state index in [0.717, 1.165) is 10.7 Å². The number of nitriles is 1. The SMILES string of the molecule is N#Cc1ccc(Br)cc1Nc1nc(C(=O)O)co1. The van der Waals surface area contributed by atoms with Gasteiger partial charge in [0.1, 0.15) is 12.3 Å². The highest BCUT2D eigenvalue weighted by molar-refractivity contribution is 9.10. The van der Waals surface area contributed by atoms with Crippen molar-refractivity contribution in [1.29, 1.82) is 5.26 Å². The molecule has 18 heavy (non-hydrogen) atoms. The molecule has 0 aliphatic rings. The maximum atomic E-state index is 10.6. The second kappa shape index (κ2) is 4.89. The molecule has 0 spiro atoms. The molecule has 2 rings (SSSR count). The largest absolute Gasteiger partial charge is 0.476 e. The highest BCUT2D eigenvalue weighted by Gasteiger charge is 2.11. The molecule has 2 N–H and O–H groups in total. The highest BCUT2D eigenvalue weighted by atomic mass is 79.9. The topological polar surface area (TPSA) is 99.2 Å². The number of nitrogens with zero attached hydrogens (tertiary/aromatic N) is 2. The fourth-order valence-electron chi connectivity index (χ4n) is 1.26. The molecule has 0 unspecified atom stereocenters. The number of rotatable bonds is 3. The zero-order chi connectivity index (χ0) is 13.1. The third kappa shape index (κ3) is 2.49. The van der Waals surface area contributed by atoms with Gasteiger partial charge in [-0.25, -0.2) is 4.79 Å². The predicted molar refractivity (Wildman–Crippen MR) is 65.6 cm³/mol. The van der Waals surface area contributed by atoms with E-state index in [-0.39, 0.29) is 11.7 Å². The summed E-state index contributed by atoms with van der Waals surface area (Å²) < 4.78 is 5.71. The fraction of sp³-hybridized carbons (Fsp3) is 0. The van der Waals surface area contributed by atoms with E-state index in [9.17, 15) is 4.79 Å². The van der Waals surface area contributed by atoms with Gasteiger partial charge in [-0.05, 0) is 18.2 Å². The lowest BCUT2D eigenvalue weighted by Crippen LogP contribution is -1.98. The smallest absolute Gasteiger partial charge is 0.357 e. The number of aromatic carboxylic acids is 1. The van der Waals surface area contributed by atoms with Crippen molar-refractivity contribution in [3.8, 4) is 6.07 Å². The number of carboxylic acids is 1. The van der Waals surface area contributed by atoms with Gasteiger partial charge in [0.05, 0.1) is 11.3 Å². The Kier molecular flexibility index (Phi) is 3.30. The summed E-state index contributed by atoms with van der Waals surface area (Å²) in [5.41, 5.74) is 0.671. The molecule has 7 heteroatoms. The molecular weight excluding hydrogens is 302 g/mol. The van der Waals surface area contributed by atoms with Crippen LogP contribution in [0, 0.1) is 11.3 Å². The summed E-state index contributed by atoms with van der Waals surface area (Å²) in [6.45, 7) is 0. The van der Waals surface area contributed by atoms with Crippen LogP contribution in [0.1, 0.15) is 16.1 Å². The van der Waals surface area contributed by atoms with Gasteiger partial charge in [-0.1, -0.05) is 15.9 Å². The van der Waals surface area contributed by atoms with Crippen LogP contribution in [-0.2, 0) is 0 Å². The zero-order valence-corrected chi connectivity index (χ0v) is 10.4. The maximum Gasteiger partial charge on any atom is 0.357 e. The van der Waals surface area contributed by atoms with Gasteiger partial charge in [-0.2, -0.15) is 10.2 Å². The molecule has 0 bridgehead atoms. The molecule has 0 amide bonds. The number of carbonyl (C=O) groups is 1. The summed E-state index contributed by atoms with van der Waals surface area (Å²) in [4.78, 5) is 14.3. The number of nitrogens with one attached hydrogen (secondary N) is 1. The normalized spacial score (nSPS) is 9.78. The number of hydrogen-bond donors (Lipinski definition) is 2. The van der Waals surface area contributed by atoms with Crippen LogP contribution < -0.4 is 5.32 Å². The Labute approximate surface area is 110 Å². The van der Waals surface area contributed by atoms with Crippen molar-refractivity contribution in [2.75, 3.05) is 5.32 Å². The van der Waals surface area contributed by atoms with Crippen LogP contribution in [0.25, 0.3) is 0 Å². The molecule has 1 aromatic carbocycles. The third-order valence-electron chi connectivity index (χ3n) is 2.07. The summed E-state index contributed by atoms with van der Waals surface area (Å²) in [6.07, 6.45) is 1.02. The quantitative estimate of drug-likeness (QED) is 0.904. The maximum absolute atomic E-state index is 10.6. The van der Waals surface area contributed by atoms with Gasteiger partial charge >= 0.3 is 5.97 Å². The average molecular weight is 308 g/mol. The molecule has 1 aromatic heterocycles.